The van der Waals surface area contributed by atoms with Gasteiger partial charge in [0.1, 0.15) is 5.75 Å². The van der Waals surface area contributed by atoms with E-state index in [0.29, 0.717) is 5.95 Å². The molecule has 0 saturated heterocycles. The predicted octanol–water partition coefficient (Wildman–Crippen LogP) is 3.44. The largest absolute Gasteiger partial charge is 0.497 e. The third-order valence-electron chi connectivity index (χ3n) is 2.43. The molecule has 1 N–H and O–H groups in total. The first-order chi connectivity index (χ1) is 9.24. The molecule has 0 amide bonds. The minimum absolute atomic E-state index is 0.548. The Bertz CT molecular complexity index is 713. The van der Waals surface area contributed by atoms with Crippen molar-refractivity contribution in [1.29, 1.82) is 0 Å². The Morgan fingerprint density at radius 3 is 2.79 bits per heavy atom. The van der Waals surface area contributed by atoms with E-state index >= 15 is 0 Å². The molecule has 0 radical (unpaired) electrons. The molecule has 0 aliphatic heterocycles. The average Bonchev–Trinajstić information content (AvgIpc) is 2.82. The molecule has 0 unspecified atom stereocenters. The molecule has 0 saturated carbocycles. The molecule has 2 aromatic heterocycles. The van der Waals surface area contributed by atoms with Gasteiger partial charge in [0, 0.05) is 16.0 Å². The van der Waals surface area contributed by atoms with Gasteiger partial charge in [-0.2, -0.15) is 0 Å². The smallest absolute Gasteiger partial charge is 0.228 e. The molecule has 1 aromatic carbocycles. The summed E-state index contributed by atoms with van der Waals surface area (Å²) in [4.78, 5) is 12.9. The molecule has 0 atom stereocenters. The molecule has 0 spiro atoms. The van der Waals surface area contributed by atoms with E-state index in [1.807, 2.05) is 18.2 Å². The highest BCUT2D eigenvalue weighted by molar-refractivity contribution is 14.1. The van der Waals surface area contributed by atoms with Crippen molar-refractivity contribution in [3.05, 3.63) is 34.2 Å². The Labute approximate surface area is 127 Å². The highest BCUT2D eigenvalue weighted by Gasteiger charge is 2.06. The van der Waals surface area contributed by atoms with Crippen molar-refractivity contribution in [2.75, 3.05) is 12.4 Å². The Morgan fingerprint density at radius 1 is 1.26 bits per heavy atom. The lowest BCUT2D eigenvalue weighted by molar-refractivity contribution is 0.415. The fourth-order valence-corrected chi connectivity index (χ4v) is 2.72. The van der Waals surface area contributed by atoms with Crippen LogP contribution < -0.4 is 10.1 Å². The van der Waals surface area contributed by atoms with Crippen LogP contribution in [0.25, 0.3) is 10.2 Å². The third-order valence-corrected chi connectivity index (χ3v) is 3.93. The van der Waals surface area contributed by atoms with Gasteiger partial charge in [-0.15, -0.1) is 0 Å². The monoisotopic (exact) mass is 384 g/mol. The van der Waals surface area contributed by atoms with Crippen molar-refractivity contribution in [2.45, 2.75) is 0 Å². The number of nitrogens with one attached hydrogen (secondary N) is 1. The number of benzene rings is 1. The quantitative estimate of drug-likeness (QED) is 0.702. The number of fused-ring (bicyclic) bond motifs is 1. The fraction of sp³-hybridized carbons (Fsp3) is 0.0833. The summed E-state index contributed by atoms with van der Waals surface area (Å²) < 4.78 is 7.26. The van der Waals surface area contributed by atoms with Crippen molar-refractivity contribution in [3.8, 4) is 5.75 Å². The summed E-state index contributed by atoms with van der Waals surface area (Å²) in [6.07, 6.45) is 3.51. The summed E-state index contributed by atoms with van der Waals surface area (Å²) in [5.41, 5.74) is 0.929. The van der Waals surface area contributed by atoms with Gasteiger partial charge in [-0.1, -0.05) is 11.3 Å². The molecular formula is C12H9IN4OS. The number of anilines is 2. The van der Waals surface area contributed by atoms with E-state index in [1.165, 1.54) is 0 Å². The number of ether oxygens (including phenoxy) is 1. The Hall–Kier alpha value is -1.48. The summed E-state index contributed by atoms with van der Waals surface area (Å²) >= 11 is 3.71. The Morgan fingerprint density at radius 2 is 2.05 bits per heavy atom. The number of halogens is 1. The third kappa shape index (κ3) is 2.76. The van der Waals surface area contributed by atoms with E-state index < -0.39 is 0 Å². The van der Waals surface area contributed by atoms with Gasteiger partial charge < -0.3 is 10.1 Å². The number of rotatable bonds is 3. The summed E-state index contributed by atoms with van der Waals surface area (Å²) in [6.45, 7) is 0. The van der Waals surface area contributed by atoms with Crippen LogP contribution in [0.5, 0.6) is 5.75 Å². The zero-order valence-corrected chi connectivity index (χ0v) is 12.9. The van der Waals surface area contributed by atoms with Crippen LogP contribution in [0.3, 0.4) is 0 Å². The Balaban J connectivity index is 1.90. The second-order valence-corrected chi connectivity index (χ2v) is 5.98. The lowest BCUT2D eigenvalue weighted by Crippen LogP contribution is -1.95. The van der Waals surface area contributed by atoms with Crippen molar-refractivity contribution >= 4 is 55.2 Å². The molecule has 96 valence electrons. The van der Waals surface area contributed by atoms with Crippen LogP contribution in [0.15, 0.2) is 30.6 Å². The number of aromatic nitrogens is 3. The van der Waals surface area contributed by atoms with Gasteiger partial charge in [0.2, 0.25) is 5.95 Å². The van der Waals surface area contributed by atoms with Gasteiger partial charge in [-0.3, -0.25) is 0 Å². The van der Waals surface area contributed by atoms with Crippen LogP contribution in [0.1, 0.15) is 0 Å². The standard InChI is InChI=1S/C12H9IN4OS/c1-18-8-2-3-9-10(4-8)19-12(16-9)17-11-14-5-7(13)6-15-11/h2-6H,1H3,(H,14,15,16,17). The van der Waals surface area contributed by atoms with Gasteiger partial charge >= 0.3 is 0 Å². The summed E-state index contributed by atoms with van der Waals surface area (Å²) in [6, 6.07) is 5.80. The van der Waals surface area contributed by atoms with Gasteiger partial charge in [0.25, 0.3) is 0 Å². The number of methoxy groups -OCH3 is 1. The fourth-order valence-electron chi connectivity index (χ4n) is 1.56. The molecule has 19 heavy (non-hydrogen) atoms. The van der Waals surface area contributed by atoms with E-state index in [1.54, 1.807) is 30.8 Å². The van der Waals surface area contributed by atoms with Crippen molar-refractivity contribution in [1.82, 2.24) is 15.0 Å². The van der Waals surface area contributed by atoms with Gasteiger partial charge in [0.15, 0.2) is 5.13 Å². The summed E-state index contributed by atoms with van der Waals surface area (Å²) in [7, 11) is 1.65. The molecule has 3 rings (SSSR count). The van der Waals surface area contributed by atoms with Crippen LogP contribution >= 0.6 is 33.9 Å². The van der Waals surface area contributed by atoms with E-state index in [0.717, 1.165) is 24.7 Å². The molecule has 2 heterocycles. The number of nitrogens with zero attached hydrogens (tertiary/aromatic N) is 3. The topological polar surface area (TPSA) is 59.9 Å². The van der Waals surface area contributed by atoms with Crippen molar-refractivity contribution in [2.24, 2.45) is 0 Å². The zero-order valence-electron chi connectivity index (χ0n) is 9.92. The molecule has 0 aliphatic carbocycles. The second kappa shape index (κ2) is 5.25. The number of hydrogen-bond acceptors (Lipinski definition) is 6. The van der Waals surface area contributed by atoms with Crippen LogP contribution in [-0.2, 0) is 0 Å². The minimum Gasteiger partial charge on any atom is -0.497 e. The lowest BCUT2D eigenvalue weighted by atomic mass is 10.3. The van der Waals surface area contributed by atoms with E-state index in [2.05, 4.69) is 42.9 Å². The molecule has 7 heteroatoms. The van der Waals surface area contributed by atoms with Gasteiger partial charge in [-0.05, 0) is 40.8 Å². The highest BCUT2D eigenvalue weighted by Crippen LogP contribution is 2.30. The minimum atomic E-state index is 0.548. The number of thiazole rings is 1. The molecule has 3 aromatic rings. The van der Waals surface area contributed by atoms with Crippen molar-refractivity contribution in [3.63, 3.8) is 0 Å². The second-order valence-electron chi connectivity index (χ2n) is 3.70. The summed E-state index contributed by atoms with van der Waals surface area (Å²) in [5, 5.41) is 3.87. The first kappa shape index (κ1) is 12.5. The molecule has 0 fully saturated rings. The first-order valence-corrected chi connectivity index (χ1v) is 7.33. The van der Waals surface area contributed by atoms with E-state index in [9.17, 15) is 0 Å². The SMILES string of the molecule is COc1ccc2nc(Nc3ncc(I)cn3)sc2c1. The molecular weight excluding hydrogens is 375 g/mol. The highest BCUT2D eigenvalue weighted by atomic mass is 127. The predicted molar refractivity (Wildman–Crippen MR) is 84.2 cm³/mol. The maximum atomic E-state index is 5.20. The van der Waals surface area contributed by atoms with Crippen molar-refractivity contribution < 1.29 is 4.74 Å². The maximum Gasteiger partial charge on any atom is 0.228 e. The molecule has 5 nitrogen and oxygen atoms in total. The van der Waals surface area contributed by atoms with Crippen LogP contribution in [0.2, 0.25) is 0 Å². The zero-order chi connectivity index (χ0) is 13.2. The molecule has 0 aliphatic rings. The maximum absolute atomic E-state index is 5.20. The van der Waals surface area contributed by atoms with Crippen LogP contribution in [-0.4, -0.2) is 22.1 Å². The first-order valence-electron chi connectivity index (χ1n) is 5.44. The number of hydrogen-bond donors (Lipinski definition) is 1. The molecule has 0 bridgehead atoms. The average molecular weight is 384 g/mol. The normalized spacial score (nSPS) is 10.6. The summed E-state index contributed by atoms with van der Waals surface area (Å²) in [5.74, 6) is 1.37. The Kier molecular flexibility index (Phi) is 3.47. The lowest BCUT2D eigenvalue weighted by Gasteiger charge is -1.98. The van der Waals surface area contributed by atoms with Gasteiger partial charge in [-0.25, -0.2) is 15.0 Å². The van der Waals surface area contributed by atoms with Crippen LogP contribution in [0.4, 0.5) is 11.1 Å². The van der Waals surface area contributed by atoms with Crippen LogP contribution in [0, 0.1) is 3.57 Å². The van der Waals surface area contributed by atoms with E-state index in [4.69, 9.17) is 4.74 Å². The van der Waals surface area contributed by atoms with E-state index in [-0.39, 0.29) is 0 Å². The van der Waals surface area contributed by atoms with Gasteiger partial charge in [0.05, 0.1) is 17.3 Å².